The number of phenols is 1. The summed E-state index contributed by atoms with van der Waals surface area (Å²) in [6.07, 6.45) is 1.02. The van der Waals surface area contributed by atoms with E-state index in [0.717, 1.165) is 24.0 Å². The van der Waals surface area contributed by atoms with E-state index in [9.17, 15) is 9.90 Å². The second kappa shape index (κ2) is 5.92. The Morgan fingerprint density at radius 1 is 1.47 bits per heavy atom. The fourth-order valence-electron chi connectivity index (χ4n) is 2.43. The van der Waals surface area contributed by atoms with Crippen molar-refractivity contribution >= 4 is 21.8 Å². The Morgan fingerprint density at radius 3 is 2.84 bits per heavy atom. The normalized spacial score (nSPS) is 20.6. The number of amides is 1. The Hall–Kier alpha value is -1.07. The van der Waals surface area contributed by atoms with Crippen LogP contribution in [0.5, 0.6) is 5.75 Å². The molecule has 1 saturated heterocycles. The lowest BCUT2D eigenvalue weighted by atomic mass is 10.1. The summed E-state index contributed by atoms with van der Waals surface area (Å²) in [4.78, 5) is 16.5. The predicted octanol–water partition coefficient (Wildman–Crippen LogP) is 2.32. The molecular formula is C14H19BrN2O2. The van der Waals surface area contributed by atoms with E-state index in [1.165, 1.54) is 0 Å². The largest absolute Gasteiger partial charge is 0.507 e. The molecule has 1 aliphatic heterocycles. The first-order valence-corrected chi connectivity index (χ1v) is 7.30. The van der Waals surface area contributed by atoms with Gasteiger partial charge in [-0.15, -0.1) is 0 Å². The average molecular weight is 327 g/mol. The minimum Gasteiger partial charge on any atom is -0.507 e. The Kier molecular flexibility index (Phi) is 4.47. The maximum atomic E-state index is 12.4. The number of benzene rings is 1. The molecule has 1 fully saturated rings. The monoisotopic (exact) mass is 326 g/mol. The third-order valence-corrected chi connectivity index (χ3v) is 4.22. The first-order valence-electron chi connectivity index (χ1n) is 6.51. The van der Waals surface area contributed by atoms with Crippen LogP contribution in [0.15, 0.2) is 22.7 Å². The number of nitrogens with zero attached hydrogens (tertiary/aromatic N) is 2. The standard InChI is InChI=1S/C14H19BrN2O2/c1-3-11-9-17(7-6-16(11)2)14(19)12-5-4-10(15)8-13(12)18/h4-5,8,11,18H,3,6-7,9H2,1-2H3. The van der Waals surface area contributed by atoms with E-state index in [0.29, 0.717) is 18.2 Å². The van der Waals surface area contributed by atoms with E-state index in [1.54, 1.807) is 18.2 Å². The highest BCUT2D eigenvalue weighted by Gasteiger charge is 2.27. The predicted molar refractivity (Wildman–Crippen MR) is 78.4 cm³/mol. The highest BCUT2D eigenvalue weighted by molar-refractivity contribution is 9.10. The van der Waals surface area contributed by atoms with E-state index in [-0.39, 0.29) is 11.7 Å². The summed E-state index contributed by atoms with van der Waals surface area (Å²) in [6.45, 7) is 4.44. The first kappa shape index (κ1) is 14.3. The molecule has 0 saturated carbocycles. The molecule has 104 valence electrons. The zero-order valence-corrected chi connectivity index (χ0v) is 12.9. The van der Waals surface area contributed by atoms with Crippen LogP contribution in [0.4, 0.5) is 0 Å². The van der Waals surface area contributed by atoms with Crippen molar-refractivity contribution in [2.75, 3.05) is 26.7 Å². The van der Waals surface area contributed by atoms with E-state index in [4.69, 9.17) is 0 Å². The van der Waals surface area contributed by atoms with Crippen molar-refractivity contribution in [2.24, 2.45) is 0 Å². The van der Waals surface area contributed by atoms with Gasteiger partial charge in [0, 0.05) is 30.1 Å². The van der Waals surface area contributed by atoms with E-state index in [2.05, 4.69) is 34.8 Å². The molecule has 2 rings (SSSR count). The molecule has 0 spiro atoms. The Bertz CT molecular complexity index is 479. The number of carbonyl (C=O) groups excluding carboxylic acids is 1. The zero-order chi connectivity index (χ0) is 14.0. The van der Waals surface area contributed by atoms with E-state index in [1.807, 2.05) is 4.90 Å². The number of hydrogen-bond donors (Lipinski definition) is 1. The van der Waals surface area contributed by atoms with Gasteiger partial charge in [-0.25, -0.2) is 0 Å². The van der Waals surface area contributed by atoms with E-state index < -0.39 is 0 Å². The highest BCUT2D eigenvalue weighted by atomic mass is 79.9. The molecule has 1 heterocycles. The van der Waals surface area contributed by atoms with Gasteiger partial charge in [-0.05, 0) is 31.7 Å². The van der Waals surface area contributed by atoms with Crippen LogP contribution < -0.4 is 0 Å². The van der Waals surface area contributed by atoms with Crippen molar-refractivity contribution in [3.63, 3.8) is 0 Å². The van der Waals surface area contributed by atoms with Gasteiger partial charge in [0.15, 0.2) is 0 Å². The van der Waals surface area contributed by atoms with Crippen molar-refractivity contribution in [3.05, 3.63) is 28.2 Å². The van der Waals surface area contributed by atoms with Crippen molar-refractivity contribution in [1.82, 2.24) is 9.80 Å². The number of hydrogen-bond acceptors (Lipinski definition) is 3. The minimum atomic E-state index is -0.0865. The average Bonchev–Trinajstić information content (AvgIpc) is 2.38. The minimum absolute atomic E-state index is 0.0337. The molecule has 0 radical (unpaired) electrons. The molecule has 5 heteroatoms. The Morgan fingerprint density at radius 2 is 2.21 bits per heavy atom. The van der Waals surface area contributed by atoms with Crippen LogP contribution >= 0.6 is 15.9 Å². The summed E-state index contributed by atoms with van der Waals surface area (Å²) in [6, 6.07) is 5.40. The Balaban J connectivity index is 2.15. The number of halogens is 1. The molecule has 1 unspecified atom stereocenters. The SMILES string of the molecule is CCC1CN(C(=O)c2ccc(Br)cc2O)CCN1C. The second-order valence-corrected chi connectivity index (χ2v) is 5.87. The van der Waals surface area contributed by atoms with Crippen molar-refractivity contribution in [3.8, 4) is 5.75 Å². The van der Waals surface area contributed by atoms with Gasteiger partial charge in [-0.3, -0.25) is 9.69 Å². The number of carbonyl (C=O) groups is 1. The molecule has 0 aromatic heterocycles. The molecule has 1 aliphatic rings. The topological polar surface area (TPSA) is 43.8 Å². The zero-order valence-electron chi connectivity index (χ0n) is 11.3. The van der Waals surface area contributed by atoms with Gasteiger partial charge in [-0.2, -0.15) is 0 Å². The van der Waals surface area contributed by atoms with Gasteiger partial charge in [0.2, 0.25) is 0 Å². The number of rotatable bonds is 2. The van der Waals surface area contributed by atoms with Crippen LogP contribution in [-0.2, 0) is 0 Å². The van der Waals surface area contributed by atoms with Crippen LogP contribution in [0.2, 0.25) is 0 Å². The molecule has 1 aromatic rings. The van der Waals surface area contributed by atoms with Crippen molar-refractivity contribution in [2.45, 2.75) is 19.4 Å². The summed E-state index contributed by atoms with van der Waals surface area (Å²) < 4.78 is 0.770. The van der Waals surface area contributed by atoms with Gasteiger partial charge in [0.05, 0.1) is 5.56 Å². The lowest BCUT2D eigenvalue weighted by Gasteiger charge is -2.39. The quantitative estimate of drug-likeness (QED) is 0.907. The fourth-order valence-corrected chi connectivity index (χ4v) is 2.78. The summed E-state index contributed by atoms with van der Waals surface area (Å²) in [7, 11) is 2.09. The lowest BCUT2D eigenvalue weighted by molar-refractivity contribution is 0.0539. The number of phenolic OH excluding ortho intramolecular Hbond substituents is 1. The first-order chi connectivity index (χ1) is 9.02. The van der Waals surface area contributed by atoms with Crippen LogP contribution in [-0.4, -0.2) is 53.5 Å². The number of likely N-dealkylation sites (N-methyl/N-ethyl adjacent to an activating group) is 1. The van der Waals surface area contributed by atoms with Gasteiger partial charge < -0.3 is 10.0 Å². The smallest absolute Gasteiger partial charge is 0.257 e. The van der Waals surface area contributed by atoms with Crippen LogP contribution in [0, 0.1) is 0 Å². The number of aromatic hydroxyl groups is 1. The van der Waals surface area contributed by atoms with Gasteiger partial charge >= 0.3 is 0 Å². The van der Waals surface area contributed by atoms with Gasteiger partial charge in [-0.1, -0.05) is 22.9 Å². The molecule has 4 nitrogen and oxygen atoms in total. The molecular weight excluding hydrogens is 308 g/mol. The van der Waals surface area contributed by atoms with Gasteiger partial charge in [0.25, 0.3) is 5.91 Å². The molecule has 0 aliphatic carbocycles. The maximum Gasteiger partial charge on any atom is 0.257 e. The summed E-state index contributed by atoms with van der Waals surface area (Å²) in [5.41, 5.74) is 0.377. The van der Waals surface area contributed by atoms with E-state index >= 15 is 0 Å². The summed E-state index contributed by atoms with van der Waals surface area (Å²) >= 11 is 3.28. The summed E-state index contributed by atoms with van der Waals surface area (Å²) in [5.74, 6) is -0.0529. The third-order valence-electron chi connectivity index (χ3n) is 3.73. The van der Waals surface area contributed by atoms with Gasteiger partial charge in [0.1, 0.15) is 5.75 Å². The van der Waals surface area contributed by atoms with Crippen LogP contribution in [0.3, 0.4) is 0 Å². The van der Waals surface area contributed by atoms with Crippen LogP contribution in [0.25, 0.3) is 0 Å². The third kappa shape index (κ3) is 3.09. The fraction of sp³-hybridized carbons (Fsp3) is 0.500. The molecule has 19 heavy (non-hydrogen) atoms. The molecule has 1 atom stereocenters. The molecule has 1 amide bonds. The highest BCUT2D eigenvalue weighted by Crippen LogP contribution is 2.24. The lowest BCUT2D eigenvalue weighted by Crippen LogP contribution is -2.52. The second-order valence-electron chi connectivity index (χ2n) is 4.96. The Labute approximate surface area is 122 Å². The number of piperazine rings is 1. The van der Waals surface area contributed by atoms with Crippen LogP contribution in [0.1, 0.15) is 23.7 Å². The summed E-state index contributed by atoms with van der Waals surface area (Å²) in [5, 5.41) is 9.88. The molecule has 1 aromatic carbocycles. The van der Waals surface area contributed by atoms with Crippen molar-refractivity contribution < 1.29 is 9.90 Å². The maximum absolute atomic E-state index is 12.4. The molecule has 1 N–H and O–H groups in total. The molecule has 0 bridgehead atoms. The van der Waals surface area contributed by atoms with Crippen molar-refractivity contribution in [1.29, 1.82) is 0 Å².